The number of carbonyl (C=O) groups is 2. The number of aromatic nitrogens is 2. The highest BCUT2D eigenvalue weighted by molar-refractivity contribution is 7.99. The van der Waals surface area contributed by atoms with Gasteiger partial charge in [-0.3, -0.25) is 23.9 Å². The van der Waals surface area contributed by atoms with Crippen molar-refractivity contribution in [3.8, 4) is 0 Å². The highest BCUT2D eigenvalue weighted by Gasteiger charge is 2.37. The van der Waals surface area contributed by atoms with Gasteiger partial charge in [-0.1, -0.05) is 55.3 Å². The molecule has 9 nitrogen and oxygen atoms in total. The monoisotopic (exact) mass is 594 g/mol. The number of rotatable bonds is 9. The van der Waals surface area contributed by atoms with Crippen molar-refractivity contribution in [2.75, 3.05) is 40.0 Å². The third-order valence-electron chi connectivity index (χ3n) is 9.19. The largest absolute Gasteiger partial charge is 0.469 e. The van der Waals surface area contributed by atoms with E-state index in [0.29, 0.717) is 62.5 Å². The average molecular weight is 595 g/mol. The van der Waals surface area contributed by atoms with Gasteiger partial charge in [-0.05, 0) is 30.4 Å². The quantitative estimate of drug-likeness (QED) is 0.322. The van der Waals surface area contributed by atoms with Crippen molar-refractivity contribution in [1.29, 1.82) is 0 Å². The fraction of sp³-hybridized carbons (Fsp3) is 0.625. The molecule has 3 fully saturated rings. The molecular weight excluding hydrogens is 552 g/mol. The summed E-state index contributed by atoms with van der Waals surface area (Å²) in [6.07, 6.45) is 8.05. The van der Waals surface area contributed by atoms with Gasteiger partial charge < -0.3 is 14.4 Å². The van der Waals surface area contributed by atoms with Gasteiger partial charge in [0.15, 0.2) is 5.16 Å². The predicted molar refractivity (Wildman–Crippen MR) is 160 cm³/mol. The Labute approximate surface area is 251 Å². The summed E-state index contributed by atoms with van der Waals surface area (Å²) in [5.74, 6) is 0.182. The molecule has 4 aliphatic rings. The number of likely N-dealkylation sites (tertiary alicyclic amines) is 1. The molecule has 1 amide bonds. The predicted octanol–water partition coefficient (Wildman–Crippen LogP) is 3.44. The normalized spacial score (nSPS) is 21.6. The number of methoxy groups -OCH3 is 1. The molecule has 10 heteroatoms. The van der Waals surface area contributed by atoms with Gasteiger partial charge in [-0.15, -0.1) is 0 Å². The minimum Gasteiger partial charge on any atom is -0.469 e. The summed E-state index contributed by atoms with van der Waals surface area (Å²) in [6, 6.07) is 7.98. The highest BCUT2D eigenvalue weighted by atomic mass is 32.2. The van der Waals surface area contributed by atoms with Gasteiger partial charge in [-0.25, -0.2) is 4.98 Å². The lowest BCUT2D eigenvalue weighted by Crippen LogP contribution is -2.55. The van der Waals surface area contributed by atoms with Crippen LogP contribution in [0.2, 0.25) is 0 Å². The van der Waals surface area contributed by atoms with Crippen molar-refractivity contribution in [1.82, 2.24) is 19.4 Å². The summed E-state index contributed by atoms with van der Waals surface area (Å²) < 4.78 is 12.3. The molecule has 1 aliphatic carbocycles. The molecule has 1 unspecified atom stereocenters. The Balaban J connectivity index is 1.09. The third kappa shape index (κ3) is 6.76. The van der Waals surface area contributed by atoms with E-state index < -0.39 is 0 Å². The number of esters is 1. The number of nitrogens with zero attached hydrogens (tertiary/aromatic N) is 4. The van der Waals surface area contributed by atoms with Crippen LogP contribution in [0.3, 0.4) is 0 Å². The minimum atomic E-state index is -0.246. The number of amides is 1. The van der Waals surface area contributed by atoms with E-state index in [9.17, 15) is 14.4 Å². The van der Waals surface area contributed by atoms with Gasteiger partial charge >= 0.3 is 5.97 Å². The maximum absolute atomic E-state index is 13.9. The molecule has 3 aliphatic heterocycles. The van der Waals surface area contributed by atoms with Gasteiger partial charge in [0.1, 0.15) is 0 Å². The van der Waals surface area contributed by atoms with E-state index in [1.165, 1.54) is 39.2 Å². The standard InChI is InChI=1S/C32H42N4O5S/c1-40-29(37)15-22-7-9-23(10-8-22)16-34-18-25(19-34)30(38)35-13-11-28-27(20-35)31(39)36(17-24-12-14-41-21-24)32(33-28)42-26-5-3-2-4-6-26/h7-10,24-26H,2-6,11-21H2,1H3. The number of carbonyl (C=O) groups excluding carboxylic acids is 2. The van der Waals surface area contributed by atoms with Crippen LogP contribution in [0.25, 0.3) is 0 Å². The van der Waals surface area contributed by atoms with Crippen LogP contribution >= 0.6 is 11.8 Å². The Morgan fingerprint density at radius 1 is 1.07 bits per heavy atom. The smallest absolute Gasteiger partial charge is 0.309 e. The maximum Gasteiger partial charge on any atom is 0.309 e. The van der Waals surface area contributed by atoms with Gasteiger partial charge in [0.25, 0.3) is 5.56 Å². The van der Waals surface area contributed by atoms with E-state index >= 15 is 0 Å². The molecule has 6 rings (SSSR count). The number of thioether (sulfide) groups is 1. The second-order valence-corrected chi connectivity index (χ2v) is 13.6. The lowest BCUT2D eigenvalue weighted by Gasteiger charge is -2.41. The van der Waals surface area contributed by atoms with Gasteiger partial charge in [0.05, 0.1) is 43.9 Å². The fourth-order valence-electron chi connectivity index (χ4n) is 6.62. The zero-order chi connectivity index (χ0) is 29.1. The Morgan fingerprint density at radius 3 is 2.55 bits per heavy atom. The molecular formula is C32H42N4O5S. The number of hydrogen-bond acceptors (Lipinski definition) is 8. The van der Waals surface area contributed by atoms with Gasteiger partial charge in [0.2, 0.25) is 5.91 Å². The highest BCUT2D eigenvalue weighted by Crippen LogP contribution is 2.34. The van der Waals surface area contributed by atoms with E-state index in [1.54, 1.807) is 11.8 Å². The molecule has 2 aromatic rings. The van der Waals surface area contributed by atoms with Crippen LogP contribution in [0.15, 0.2) is 34.2 Å². The van der Waals surface area contributed by atoms with Crippen molar-refractivity contribution in [3.05, 3.63) is 57.0 Å². The van der Waals surface area contributed by atoms with Crippen LogP contribution < -0.4 is 5.56 Å². The second-order valence-electron chi connectivity index (χ2n) is 12.3. The first-order valence-corrected chi connectivity index (χ1v) is 16.4. The Bertz CT molecular complexity index is 1330. The van der Waals surface area contributed by atoms with Crippen molar-refractivity contribution >= 4 is 23.6 Å². The Hall–Kier alpha value is -2.69. The number of benzene rings is 1. The lowest BCUT2D eigenvalue weighted by molar-refractivity contribution is -0.142. The zero-order valence-electron chi connectivity index (χ0n) is 24.6. The molecule has 226 valence electrons. The van der Waals surface area contributed by atoms with E-state index in [-0.39, 0.29) is 29.8 Å². The molecule has 0 spiro atoms. The molecule has 1 aromatic heterocycles. The molecule has 1 saturated carbocycles. The van der Waals surface area contributed by atoms with Crippen molar-refractivity contribution in [3.63, 3.8) is 0 Å². The first-order valence-electron chi connectivity index (χ1n) is 15.5. The van der Waals surface area contributed by atoms with Crippen LogP contribution in [0.5, 0.6) is 0 Å². The molecule has 0 N–H and O–H groups in total. The minimum absolute atomic E-state index is 0.0357. The van der Waals surface area contributed by atoms with Gasteiger partial charge in [0, 0.05) is 56.9 Å². The van der Waals surface area contributed by atoms with Gasteiger partial charge in [-0.2, -0.15) is 0 Å². The Kier molecular flexibility index (Phi) is 9.31. The summed E-state index contributed by atoms with van der Waals surface area (Å²) in [5, 5.41) is 1.39. The van der Waals surface area contributed by atoms with Crippen molar-refractivity contribution in [2.24, 2.45) is 11.8 Å². The number of fused-ring (bicyclic) bond motifs is 1. The molecule has 2 saturated heterocycles. The molecule has 1 atom stereocenters. The van der Waals surface area contributed by atoms with Crippen LogP contribution in [0.4, 0.5) is 0 Å². The number of hydrogen-bond donors (Lipinski definition) is 0. The first kappa shape index (κ1) is 29.4. The summed E-state index contributed by atoms with van der Waals surface area (Å²) in [6.45, 7) is 5.26. The molecule has 4 heterocycles. The molecule has 0 radical (unpaired) electrons. The topological polar surface area (TPSA) is 94.0 Å². The van der Waals surface area contributed by atoms with Crippen LogP contribution in [0, 0.1) is 11.8 Å². The van der Waals surface area contributed by atoms with Crippen LogP contribution in [-0.4, -0.2) is 76.4 Å². The van der Waals surface area contributed by atoms with Crippen LogP contribution in [-0.2, 0) is 51.5 Å². The fourth-order valence-corrected chi connectivity index (χ4v) is 7.94. The summed E-state index contributed by atoms with van der Waals surface area (Å²) >= 11 is 1.80. The summed E-state index contributed by atoms with van der Waals surface area (Å²) in [4.78, 5) is 48.1. The first-order chi connectivity index (χ1) is 20.5. The summed E-state index contributed by atoms with van der Waals surface area (Å²) in [5.41, 5.74) is 3.70. The lowest BCUT2D eigenvalue weighted by atomic mass is 9.95. The average Bonchev–Trinajstić information content (AvgIpc) is 3.51. The molecule has 0 bridgehead atoms. The second kappa shape index (κ2) is 13.3. The van der Waals surface area contributed by atoms with Crippen LogP contribution in [0.1, 0.15) is 60.9 Å². The number of ether oxygens (including phenoxy) is 2. The van der Waals surface area contributed by atoms with E-state index in [2.05, 4.69) is 4.90 Å². The van der Waals surface area contributed by atoms with E-state index in [4.69, 9.17) is 14.5 Å². The Morgan fingerprint density at radius 2 is 1.83 bits per heavy atom. The summed E-state index contributed by atoms with van der Waals surface area (Å²) in [7, 11) is 1.40. The van der Waals surface area contributed by atoms with Crippen molar-refractivity contribution < 1.29 is 19.1 Å². The third-order valence-corrected chi connectivity index (χ3v) is 10.5. The molecule has 42 heavy (non-hydrogen) atoms. The SMILES string of the molecule is COC(=O)Cc1ccc(CN2CC(C(=O)N3CCc4nc(SC5CCCCC5)n(CC5CCOC5)c(=O)c4C3)C2)cc1. The maximum atomic E-state index is 13.9. The zero-order valence-corrected chi connectivity index (χ0v) is 25.4. The molecule has 1 aromatic carbocycles. The van der Waals surface area contributed by atoms with Crippen molar-refractivity contribution in [2.45, 2.75) is 81.4 Å². The van der Waals surface area contributed by atoms with E-state index in [0.717, 1.165) is 41.5 Å². The van der Waals surface area contributed by atoms with E-state index in [1.807, 2.05) is 33.7 Å².